The van der Waals surface area contributed by atoms with Gasteiger partial charge < -0.3 is 14.2 Å². The lowest BCUT2D eigenvalue weighted by atomic mass is 10.2. The molecule has 0 aliphatic carbocycles. The molecule has 3 rings (SSSR count). The zero-order chi connectivity index (χ0) is 14.8. The smallest absolute Gasteiger partial charge is 0.410 e. The van der Waals surface area contributed by atoms with Crippen molar-refractivity contribution in [2.24, 2.45) is 0 Å². The summed E-state index contributed by atoms with van der Waals surface area (Å²) in [6, 6.07) is 1.92. The maximum absolute atomic E-state index is 11.5. The van der Waals surface area contributed by atoms with E-state index in [2.05, 4.69) is 9.88 Å². The fraction of sp³-hybridized carbons (Fsp3) is 0.571. The fourth-order valence-electron chi connectivity index (χ4n) is 2.87. The molecule has 21 heavy (non-hydrogen) atoms. The van der Waals surface area contributed by atoms with Crippen molar-refractivity contribution in [2.45, 2.75) is 12.6 Å². The standard InChI is InChI=1S/C14H19N3O4/c1-19-12-3-4-15-11(13(12)20-2)8-16-5-6-17-10(7-16)9-21-14(17)18/h3-4,10H,5-9H2,1-2H3. The van der Waals surface area contributed by atoms with Gasteiger partial charge >= 0.3 is 6.09 Å². The number of pyridine rings is 1. The molecule has 0 saturated carbocycles. The van der Waals surface area contributed by atoms with Gasteiger partial charge in [-0.2, -0.15) is 0 Å². The van der Waals surface area contributed by atoms with Gasteiger partial charge in [0.15, 0.2) is 11.5 Å². The largest absolute Gasteiger partial charge is 0.493 e. The van der Waals surface area contributed by atoms with Crippen molar-refractivity contribution in [3.63, 3.8) is 0 Å². The second-order valence-electron chi connectivity index (χ2n) is 5.15. The van der Waals surface area contributed by atoms with E-state index >= 15 is 0 Å². The van der Waals surface area contributed by atoms with Crippen molar-refractivity contribution in [1.82, 2.24) is 14.8 Å². The average Bonchev–Trinajstić information content (AvgIpc) is 2.88. The first-order chi connectivity index (χ1) is 10.2. The summed E-state index contributed by atoms with van der Waals surface area (Å²) < 4.78 is 15.8. The van der Waals surface area contributed by atoms with Crippen molar-refractivity contribution >= 4 is 6.09 Å². The Morgan fingerprint density at radius 1 is 1.38 bits per heavy atom. The number of nitrogens with zero attached hydrogens (tertiary/aromatic N) is 3. The number of hydrogen-bond donors (Lipinski definition) is 0. The predicted molar refractivity (Wildman–Crippen MR) is 74.5 cm³/mol. The Bertz CT molecular complexity index is 537. The first kappa shape index (κ1) is 13.9. The molecule has 0 aromatic carbocycles. The maximum Gasteiger partial charge on any atom is 0.410 e. The van der Waals surface area contributed by atoms with E-state index in [1.807, 2.05) is 0 Å². The summed E-state index contributed by atoms with van der Waals surface area (Å²) in [6.45, 7) is 3.41. The van der Waals surface area contributed by atoms with Gasteiger partial charge in [-0.15, -0.1) is 0 Å². The van der Waals surface area contributed by atoms with Crippen LogP contribution in [0.5, 0.6) is 11.5 Å². The summed E-state index contributed by atoms with van der Waals surface area (Å²) >= 11 is 0. The summed E-state index contributed by atoms with van der Waals surface area (Å²) in [4.78, 5) is 19.9. The van der Waals surface area contributed by atoms with Gasteiger partial charge in [0, 0.05) is 38.4 Å². The highest BCUT2D eigenvalue weighted by Gasteiger charge is 2.37. The van der Waals surface area contributed by atoms with Gasteiger partial charge in [-0.1, -0.05) is 0 Å². The number of cyclic esters (lactones) is 1. The maximum atomic E-state index is 11.5. The lowest BCUT2D eigenvalue weighted by Crippen LogP contribution is -2.51. The van der Waals surface area contributed by atoms with Crippen molar-refractivity contribution in [2.75, 3.05) is 40.5 Å². The molecule has 2 saturated heterocycles. The zero-order valence-electron chi connectivity index (χ0n) is 12.2. The number of aromatic nitrogens is 1. The lowest BCUT2D eigenvalue weighted by molar-refractivity contribution is 0.114. The normalized spacial score (nSPS) is 21.9. The molecular weight excluding hydrogens is 274 g/mol. The molecule has 1 unspecified atom stereocenters. The van der Waals surface area contributed by atoms with Gasteiger partial charge in [-0.3, -0.25) is 14.8 Å². The number of hydrogen-bond acceptors (Lipinski definition) is 6. The summed E-state index contributed by atoms with van der Waals surface area (Å²) in [5, 5.41) is 0. The Morgan fingerprint density at radius 2 is 2.24 bits per heavy atom. The molecule has 0 N–H and O–H groups in total. The zero-order valence-corrected chi connectivity index (χ0v) is 12.2. The molecule has 2 aliphatic heterocycles. The van der Waals surface area contributed by atoms with Crippen molar-refractivity contribution in [3.8, 4) is 11.5 Å². The molecule has 1 aromatic rings. The van der Waals surface area contributed by atoms with Crippen LogP contribution in [-0.4, -0.2) is 67.4 Å². The van der Waals surface area contributed by atoms with Crippen LogP contribution in [0.15, 0.2) is 12.3 Å². The Balaban J connectivity index is 1.71. The Labute approximate surface area is 123 Å². The van der Waals surface area contributed by atoms with Crippen LogP contribution in [0.25, 0.3) is 0 Å². The van der Waals surface area contributed by atoms with Crippen LogP contribution in [0.2, 0.25) is 0 Å². The molecule has 3 heterocycles. The number of amides is 1. The van der Waals surface area contributed by atoms with E-state index in [9.17, 15) is 4.79 Å². The minimum absolute atomic E-state index is 0.142. The van der Waals surface area contributed by atoms with Gasteiger partial charge in [0.1, 0.15) is 12.3 Å². The Morgan fingerprint density at radius 3 is 3.00 bits per heavy atom. The number of ether oxygens (including phenoxy) is 3. The molecule has 1 amide bonds. The fourth-order valence-corrected chi connectivity index (χ4v) is 2.87. The number of fused-ring (bicyclic) bond motifs is 1. The SMILES string of the molecule is COc1ccnc(CN2CCN3C(=O)OCC3C2)c1OC. The predicted octanol–water partition coefficient (Wildman–Crippen LogP) is 0.735. The van der Waals surface area contributed by atoms with E-state index in [0.717, 1.165) is 18.8 Å². The highest BCUT2D eigenvalue weighted by atomic mass is 16.6. The molecule has 2 aliphatic rings. The first-order valence-corrected chi connectivity index (χ1v) is 6.94. The molecule has 0 spiro atoms. The van der Waals surface area contributed by atoms with Crippen molar-refractivity contribution < 1.29 is 19.0 Å². The third kappa shape index (κ3) is 2.61. The second-order valence-corrected chi connectivity index (χ2v) is 5.15. The molecule has 114 valence electrons. The van der Waals surface area contributed by atoms with Crippen LogP contribution in [-0.2, 0) is 11.3 Å². The molecule has 1 aromatic heterocycles. The van der Waals surface area contributed by atoms with Gasteiger partial charge in [-0.05, 0) is 0 Å². The summed E-state index contributed by atoms with van der Waals surface area (Å²) in [5.74, 6) is 1.35. The van der Waals surface area contributed by atoms with E-state index in [0.29, 0.717) is 31.2 Å². The molecule has 7 nitrogen and oxygen atoms in total. The average molecular weight is 293 g/mol. The van der Waals surface area contributed by atoms with Gasteiger partial charge in [0.2, 0.25) is 0 Å². The van der Waals surface area contributed by atoms with Crippen LogP contribution in [0, 0.1) is 0 Å². The molecule has 0 radical (unpaired) electrons. The van der Waals surface area contributed by atoms with Crippen LogP contribution < -0.4 is 9.47 Å². The number of piperazine rings is 1. The van der Waals surface area contributed by atoms with E-state index in [4.69, 9.17) is 14.2 Å². The minimum Gasteiger partial charge on any atom is -0.493 e. The quantitative estimate of drug-likeness (QED) is 0.815. The Hall–Kier alpha value is -2.02. The van der Waals surface area contributed by atoms with Crippen LogP contribution >= 0.6 is 0 Å². The van der Waals surface area contributed by atoms with Crippen LogP contribution in [0.3, 0.4) is 0 Å². The Kier molecular flexibility index (Phi) is 3.83. The van der Waals surface area contributed by atoms with Crippen molar-refractivity contribution in [3.05, 3.63) is 18.0 Å². The van der Waals surface area contributed by atoms with E-state index in [1.165, 1.54) is 0 Å². The van der Waals surface area contributed by atoms with E-state index in [1.54, 1.807) is 31.4 Å². The molecule has 0 bridgehead atoms. The third-order valence-electron chi connectivity index (χ3n) is 3.94. The molecular formula is C14H19N3O4. The molecule has 1 atom stereocenters. The number of carbonyl (C=O) groups is 1. The highest BCUT2D eigenvalue weighted by Crippen LogP contribution is 2.30. The van der Waals surface area contributed by atoms with Crippen LogP contribution in [0.4, 0.5) is 4.79 Å². The van der Waals surface area contributed by atoms with Gasteiger partial charge in [-0.25, -0.2) is 4.79 Å². The lowest BCUT2D eigenvalue weighted by Gasteiger charge is -2.35. The summed E-state index contributed by atoms with van der Waals surface area (Å²) in [7, 11) is 3.23. The number of methoxy groups -OCH3 is 2. The van der Waals surface area contributed by atoms with Crippen molar-refractivity contribution in [1.29, 1.82) is 0 Å². The molecule has 2 fully saturated rings. The van der Waals surface area contributed by atoms with E-state index in [-0.39, 0.29) is 12.1 Å². The monoisotopic (exact) mass is 293 g/mol. The number of carbonyl (C=O) groups excluding carboxylic acids is 1. The highest BCUT2D eigenvalue weighted by molar-refractivity contribution is 5.70. The third-order valence-corrected chi connectivity index (χ3v) is 3.94. The van der Waals surface area contributed by atoms with Crippen LogP contribution in [0.1, 0.15) is 5.69 Å². The topological polar surface area (TPSA) is 64.1 Å². The van der Waals surface area contributed by atoms with Gasteiger partial charge in [0.25, 0.3) is 0 Å². The van der Waals surface area contributed by atoms with E-state index < -0.39 is 0 Å². The summed E-state index contributed by atoms with van der Waals surface area (Å²) in [6.07, 6.45) is 1.52. The minimum atomic E-state index is -0.197. The first-order valence-electron chi connectivity index (χ1n) is 6.94. The summed E-state index contributed by atoms with van der Waals surface area (Å²) in [5.41, 5.74) is 0.843. The number of rotatable bonds is 4. The molecule has 7 heteroatoms. The van der Waals surface area contributed by atoms with Gasteiger partial charge in [0.05, 0.1) is 20.3 Å². The second kappa shape index (κ2) is 5.77.